The van der Waals surface area contributed by atoms with E-state index in [-0.39, 0.29) is 6.10 Å². The number of benzene rings is 1. The number of hydrogen-bond acceptors (Lipinski definition) is 3. The predicted octanol–water partition coefficient (Wildman–Crippen LogP) is 1.67. The van der Waals surface area contributed by atoms with Crippen molar-refractivity contribution in [3.8, 4) is 5.75 Å². The Hall–Kier alpha value is -1.06. The lowest BCUT2D eigenvalue weighted by atomic mass is 10.0. The van der Waals surface area contributed by atoms with Crippen LogP contribution in [0.2, 0.25) is 0 Å². The Morgan fingerprint density at radius 1 is 1.33 bits per heavy atom. The topological polar surface area (TPSA) is 41.5 Å². The Kier molecular flexibility index (Phi) is 2.93. The predicted molar refractivity (Wildman–Crippen MR) is 59.1 cm³/mol. The maximum atomic E-state index is 9.86. The summed E-state index contributed by atoms with van der Waals surface area (Å²) in [7, 11) is 0. The molecule has 1 aromatic rings. The van der Waals surface area contributed by atoms with Crippen LogP contribution in [0.15, 0.2) is 12.1 Å². The molecule has 1 fully saturated rings. The summed E-state index contributed by atoms with van der Waals surface area (Å²) in [6.07, 6.45) is -0.0157. The molecule has 1 heterocycles. The van der Waals surface area contributed by atoms with Crippen molar-refractivity contribution >= 4 is 0 Å². The van der Waals surface area contributed by atoms with E-state index in [0.29, 0.717) is 12.4 Å². The molecule has 0 bridgehead atoms. The van der Waals surface area contributed by atoms with Crippen LogP contribution in [0, 0.1) is 13.8 Å². The van der Waals surface area contributed by atoms with Gasteiger partial charge in [-0.1, -0.05) is 0 Å². The summed E-state index contributed by atoms with van der Waals surface area (Å²) in [6, 6.07) is 3.82. The summed E-state index contributed by atoms with van der Waals surface area (Å²) in [6.45, 7) is 6.42. The number of rotatable bonds is 1. The third-order valence-electron chi connectivity index (χ3n) is 2.92. The standard InChI is InChI=1S/C12H17NO2/c1-8-5-10(11(14)6-9(8)2)12-7-13-3-4-15-12/h5-6,12-14H,3-4,7H2,1-2H3. The number of morpholine rings is 1. The Bertz CT molecular complexity index is 357. The second-order valence-electron chi connectivity index (χ2n) is 4.06. The highest BCUT2D eigenvalue weighted by molar-refractivity contribution is 5.42. The van der Waals surface area contributed by atoms with Crippen LogP contribution in [0.1, 0.15) is 22.8 Å². The van der Waals surface area contributed by atoms with Crippen LogP contribution in [0.25, 0.3) is 0 Å². The number of nitrogens with one attached hydrogen (secondary N) is 1. The molecule has 2 N–H and O–H groups in total. The zero-order chi connectivity index (χ0) is 10.8. The molecule has 1 saturated heterocycles. The minimum atomic E-state index is -0.0157. The molecule has 0 saturated carbocycles. The maximum absolute atomic E-state index is 9.86. The van der Waals surface area contributed by atoms with Gasteiger partial charge in [-0.25, -0.2) is 0 Å². The molecule has 0 aliphatic carbocycles. The summed E-state index contributed by atoms with van der Waals surface area (Å²) < 4.78 is 5.62. The van der Waals surface area contributed by atoms with Gasteiger partial charge in [-0.2, -0.15) is 0 Å². The van der Waals surface area contributed by atoms with Crippen molar-refractivity contribution < 1.29 is 9.84 Å². The number of aromatic hydroxyl groups is 1. The third kappa shape index (κ3) is 2.13. The fraction of sp³-hybridized carbons (Fsp3) is 0.500. The fourth-order valence-electron chi connectivity index (χ4n) is 1.85. The molecule has 1 atom stereocenters. The second-order valence-corrected chi connectivity index (χ2v) is 4.06. The summed E-state index contributed by atoms with van der Waals surface area (Å²) >= 11 is 0. The molecule has 3 nitrogen and oxygen atoms in total. The average molecular weight is 207 g/mol. The summed E-state index contributed by atoms with van der Waals surface area (Å²) in [4.78, 5) is 0. The van der Waals surface area contributed by atoms with Crippen LogP contribution in [0.3, 0.4) is 0 Å². The Labute approximate surface area is 90.1 Å². The summed E-state index contributed by atoms with van der Waals surface area (Å²) in [5.74, 6) is 0.340. The maximum Gasteiger partial charge on any atom is 0.121 e. The monoisotopic (exact) mass is 207 g/mol. The van der Waals surface area contributed by atoms with Gasteiger partial charge in [0, 0.05) is 18.7 Å². The van der Waals surface area contributed by atoms with E-state index in [9.17, 15) is 5.11 Å². The van der Waals surface area contributed by atoms with E-state index in [1.165, 1.54) is 5.56 Å². The Balaban J connectivity index is 2.30. The lowest BCUT2D eigenvalue weighted by molar-refractivity contribution is 0.0263. The van der Waals surface area contributed by atoms with Crippen molar-refractivity contribution in [3.05, 3.63) is 28.8 Å². The molecule has 82 valence electrons. The van der Waals surface area contributed by atoms with Crippen LogP contribution < -0.4 is 5.32 Å². The molecule has 15 heavy (non-hydrogen) atoms. The molecule has 1 unspecified atom stereocenters. The van der Waals surface area contributed by atoms with Crippen molar-refractivity contribution in [2.75, 3.05) is 19.7 Å². The molecule has 0 amide bonds. The van der Waals surface area contributed by atoms with Gasteiger partial charge in [0.05, 0.1) is 12.7 Å². The Morgan fingerprint density at radius 2 is 2.07 bits per heavy atom. The molecule has 0 radical (unpaired) electrons. The van der Waals surface area contributed by atoms with Gasteiger partial charge < -0.3 is 15.2 Å². The number of ether oxygens (including phenoxy) is 1. The van der Waals surface area contributed by atoms with Gasteiger partial charge in [0.25, 0.3) is 0 Å². The van der Waals surface area contributed by atoms with E-state index in [2.05, 4.69) is 12.2 Å². The summed E-state index contributed by atoms with van der Waals surface area (Å²) in [5, 5.41) is 13.1. The van der Waals surface area contributed by atoms with Gasteiger partial charge >= 0.3 is 0 Å². The van der Waals surface area contributed by atoms with Crippen LogP contribution >= 0.6 is 0 Å². The molecule has 2 rings (SSSR count). The number of hydrogen-bond donors (Lipinski definition) is 2. The molecule has 3 heteroatoms. The SMILES string of the molecule is Cc1cc(O)c(C2CNCCO2)cc1C. The zero-order valence-corrected chi connectivity index (χ0v) is 9.21. The van der Waals surface area contributed by atoms with E-state index >= 15 is 0 Å². The number of aryl methyl sites for hydroxylation is 2. The van der Waals surface area contributed by atoms with Crippen molar-refractivity contribution in [1.29, 1.82) is 0 Å². The molecule has 1 aliphatic heterocycles. The number of phenols is 1. The van der Waals surface area contributed by atoms with Crippen molar-refractivity contribution in [2.45, 2.75) is 20.0 Å². The molecule has 0 aromatic heterocycles. The lowest BCUT2D eigenvalue weighted by Gasteiger charge is -2.25. The third-order valence-corrected chi connectivity index (χ3v) is 2.92. The van der Waals surface area contributed by atoms with Gasteiger partial charge in [0.2, 0.25) is 0 Å². The quantitative estimate of drug-likeness (QED) is 0.736. The fourth-order valence-corrected chi connectivity index (χ4v) is 1.85. The van der Waals surface area contributed by atoms with Crippen molar-refractivity contribution in [2.24, 2.45) is 0 Å². The van der Waals surface area contributed by atoms with Gasteiger partial charge in [-0.05, 0) is 37.1 Å². The van der Waals surface area contributed by atoms with Crippen LogP contribution in [0.4, 0.5) is 0 Å². The lowest BCUT2D eigenvalue weighted by Crippen LogP contribution is -2.33. The van der Waals surface area contributed by atoms with E-state index < -0.39 is 0 Å². The van der Waals surface area contributed by atoms with Crippen molar-refractivity contribution in [3.63, 3.8) is 0 Å². The van der Waals surface area contributed by atoms with Crippen LogP contribution in [-0.4, -0.2) is 24.8 Å². The first-order chi connectivity index (χ1) is 7.18. The molecular formula is C12H17NO2. The normalized spacial score (nSPS) is 21.6. The van der Waals surface area contributed by atoms with Gasteiger partial charge in [0.1, 0.15) is 5.75 Å². The minimum absolute atomic E-state index is 0.0157. The minimum Gasteiger partial charge on any atom is -0.508 e. The van der Waals surface area contributed by atoms with E-state index in [1.807, 2.05) is 19.1 Å². The average Bonchev–Trinajstić information content (AvgIpc) is 2.25. The highest BCUT2D eigenvalue weighted by Crippen LogP contribution is 2.30. The first-order valence-corrected chi connectivity index (χ1v) is 5.31. The number of phenolic OH excluding ortho intramolecular Hbond substituents is 1. The molecule has 1 aromatic carbocycles. The smallest absolute Gasteiger partial charge is 0.121 e. The summed E-state index contributed by atoms with van der Waals surface area (Å²) in [5.41, 5.74) is 3.20. The largest absolute Gasteiger partial charge is 0.508 e. The molecular weight excluding hydrogens is 190 g/mol. The zero-order valence-electron chi connectivity index (χ0n) is 9.21. The highest BCUT2D eigenvalue weighted by Gasteiger charge is 2.19. The van der Waals surface area contributed by atoms with Crippen LogP contribution in [0.5, 0.6) is 5.75 Å². The van der Waals surface area contributed by atoms with E-state index in [4.69, 9.17) is 4.74 Å². The van der Waals surface area contributed by atoms with Gasteiger partial charge in [0.15, 0.2) is 0 Å². The van der Waals surface area contributed by atoms with Gasteiger partial charge in [-0.3, -0.25) is 0 Å². The van der Waals surface area contributed by atoms with Gasteiger partial charge in [-0.15, -0.1) is 0 Å². The first kappa shape index (κ1) is 10.5. The second kappa shape index (κ2) is 4.21. The molecule has 0 spiro atoms. The highest BCUT2D eigenvalue weighted by atomic mass is 16.5. The first-order valence-electron chi connectivity index (χ1n) is 5.31. The molecule has 1 aliphatic rings. The Morgan fingerprint density at radius 3 is 2.73 bits per heavy atom. The van der Waals surface area contributed by atoms with E-state index in [1.54, 1.807) is 0 Å². The van der Waals surface area contributed by atoms with E-state index in [0.717, 1.165) is 24.2 Å². The van der Waals surface area contributed by atoms with Crippen LogP contribution in [-0.2, 0) is 4.74 Å². The van der Waals surface area contributed by atoms with Crippen molar-refractivity contribution in [1.82, 2.24) is 5.32 Å².